The molecule has 0 atom stereocenters. The van der Waals surface area contributed by atoms with Crippen molar-refractivity contribution < 1.29 is 5.11 Å². The van der Waals surface area contributed by atoms with Crippen LogP contribution in [-0.4, -0.2) is 5.11 Å². The van der Waals surface area contributed by atoms with E-state index in [4.69, 9.17) is 0 Å². The number of phenolic OH excluding ortho intramolecular Hbond substituents is 1. The van der Waals surface area contributed by atoms with E-state index in [0.29, 0.717) is 0 Å². The summed E-state index contributed by atoms with van der Waals surface area (Å²) in [5.74, 6) is 0.266. The number of halogens is 2. The molecule has 0 amide bonds. The Kier molecular flexibility index (Phi) is 3.64. The highest BCUT2D eigenvalue weighted by Gasteiger charge is 2.13. The van der Waals surface area contributed by atoms with Crippen molar-refractivity contribution in [3.05, 3.63) is 26.6 Å². The molecule has 1 rings (SSSR count). The van der Waals surface area contributed by atoms with Gasteiger partial charge in [0.2, 0.25) is 0 Å². The minimum atomic E-state index is 0.260. The molecule has 1 N–H and O–H groups in total. The van der Waals surface area contributed by atoms with E-state index in [1.54, 1.807) is 0 Å². The van der Waals surface area contributed by atoms with Gasteiger partial charge in [-0.1, -0.05) is 20.8 Å². The Labute approximate surface area is 102 Å². The maximum Gasteiger partial charge on any atom is 0.143 e. The monoisotopic (exact) mass is 320 g/mol. The standard InChI is InChI=1S/C11H14Br2O/c1-11(2,3)6-7-4-8(12)10(14)9(13)5-7/h4-5,14H,6H2,1-3H3. The van der Waals surface area contributed by atoms with E-state index in [1.807, 2.05) is 12.1 Å². The van der Waals surface area contributed by atoms with Crippen molar-refractivity contribution in [2.75, 3.05) is 0 Å². The van der Waals surface area contributed by atoms with E-state index < -0.39 is 0 Å². The first kappa shape index (κ1) is 12.1. The van der Waals surface area contributed by atoms with Crippen LogP contribution in [0.25, 0.3) is 0 Å². The van der Waals surface area contributed by atoms with Crippen molar-refractivity contribution >= 4 is 31.9 Å². The number of hydrogen-bond donors (Lipinski definition) is 1. The Morgan fingerprint density at radius 1 is 1.14 bits per heavy atom. The normalized spacial score (nSPS) is 11.8. The zero-order chi connectivity index (χ0) is 10.9. The molecule has 0 radical (unpaired) electrons. The zero-order valence-electron chi connectivity index (χ0n) is 8.56. The van der Waals surface area contributed by atoms with Crippen LogP contribution >= 0.6 is 31.9 Å². The number of aromatic hydroxyl groups is 1. The molecular weight excluding hydrogens is 308 g/mol. The van der Waals surface area contributed by atoms with Crippen LogP contribution in [0.3, 0.4) is 0 Å². The summed E-state index contributed by atoms with van der Waals surface area (Å²) in [6, 6.07) is 3.93. The first-order valence-electron chi connectivity index (χ1n) is 4.46. The molecule has 0 aliphatic heterocycles. The van der Waals surface area contributed by atoms with Gasteiger partial charge >= 0.3 is 0 Å². The predicted octanol–water partition coefficient (Wildman–Crippen LogP) is 4.51. The molecule has 0 fully saturated rings. The van der Waals surface area contributed by atoms with Gasteiger partial charge in [-0.3, -0.25) is 0 Å². The van der Waals surface area contributed by atoms with Gasteiger partial charge in [0.15, 0.2) is 0 Å². The highest BCUT2D eigenvalue weighted by atomic mass is 79.9. The smallest absolute Gasteiger partial charge is 0.143 e. The Bertz CT molecular complexity index is 317. The van der Waals surface area contributed by atoms with Crippen molar-refractivity contribution in [3.8, 4) is 5.75 Å². The summed E-state index contributed by atoms with van der Waals surface area (Å²) in [6.07, 6.45) is 0.991. The second kappa shape index (κ2) is 4.23. The van der Waals surface area contributed by atoms with Crippen LogP contribution < -0.4 is 0 Å². The molecule has 1 nitrogen and oxygen atoms in total. The first-order valence-corrected chi connectivity index (χ1v) is 6.05. The van der Waals surface area contributed by atoms with Gasteiger partial charge in [0.1, 0.15) is 5.75 Å². The second-order valence-electron chi connectivity index (χ2n) is 4.65. The van der Waals surface area contributed by atoms with Gasteiger partial charge in [0, 0.05) is 0 Å². The van der Waals surface area contributed by atoms with Crippen molar-refractivity contribution in [1.29, 1.82) is 0 Å². The molecule has 3 heteroatoms. The van der Waals surface area contributed by atoms with Crippen molar-refractivity contribution in [2.24, 2.45) is 5.41 Å². The maximum absolute atomic E-state index is 9.54. The van der Waals surface area contributed by atoms with Crippen LogP contribution in [0.5, 0.6) is 5.75 Å². The Hall–Kier alpha value is -0.0200. The Balaban J connectivity index is 3.02. The van der Waals surface area contributed by atoms with Crippen molar-refractivity contribution in [1.82, 2.24) is 0 Å². The van der Waals surface area contributed by atoms with E-state index in [-0.39, 0.29) is 11.2 Å². The number of benzene rings is 1. The molecule has 1 aromatic rings. The lowest BCUT2D eigenvalue weighted by molar-refractivity contribution is 0.410. The molecule has 0 saturated heterocycles. The van der Waals surface area contributed by atoms with Crippen LogP contribution in [0.1, 0.15) is 26.3 Å². The molecule has 0 aromatic heterocycles. The van der Waals surface area contributed by atoms with Gasteiger partial charge in [-0.05, 0) is 61.4 Å². The van der Waals surface area contributed by atoms with E-state index in [2.05, 4.69) is 52.6 Å². The van der Waals surface area contributed by atoms with Gasteiger partial charge in [0.25, 0.3) is 0 Å². The average molecular weight is 322 g/mol. The molecule has 1 aromatic carbocycles. The summed E-state index contributed by atoms with van der Waals surface area (Å²) in [5.41, 5.74) is 1.48. The lowest BCUT2D eigenvalue weighted by Crippen LogP contribution is -2.09. The van der Waals surface area contributed by atoms with E-state index in [1.165, 1.54) is 5.56 Å². The van der Waals surface area contributed by atoms with Gasteiger partial charge in [-0.15, -0.1) is 0 Å². The zero-order valence-corrected chi connectivity index (χ0v) is 11.7. The summed E-state index contributed by atoms with van der Waals surface area (Å²) in [4.78, 5) is 0. The summed E-state index contributed by atoms with van der Waals surface area (Å²) < 4.78 is 1.48. The lowest BCUT2D eigenvalue weighted by Gasteiger charge is -2.18. The average Bonchev–Trinajstić information content (AvgIpc) is 1.96. The third-order valence-electron chi connectivity index (χ3n) is 1.81. The van der Waals surface area contributed by atoms with E-state index in [0.717, 1.165) is 15.4 Å². The summed E-state index contributed by atoms with van der Waals surface area (Å²) in [5, 5.41) is 9.54. The molecule has 0 unspecified atom stereocenters. The van der Waals surface area contributed by atoms with Crippen LogP contribution in [0.2, 0.25) is 0 Å². The van der Waals surface area contributed by atoms with Gasteiger partial charge in [0.05, 0.1) is 8.95 Å². The Morgan fingerprint density at radius 3 is 1.93 bits per heavy atom. The third kappa shape index (κ3) is 3.28. The van der Waals surface area contributed by atoms with Gasteiger partial charge in [-0.25, -0.2) is 0 Å². The molecule has 78 valence electrons. The SMILES string of the molecule is CC(C)(C)Cc1cc(Br)c(O)c(Br)c1. The minimum absolute atomic E-state index is 0.260. The molecule has 0 heterocycles. The molecule has 14 heavy (non-hydrogen) atoms. The number of rotatable bonds is 1. The van der Waals surface area contributed by atoms with Crippen LogP contribution in [-0.2, 0) is 6.42 Å². The fourth-order valence-electron chi connectivity index (χ4n) is 1.33. The molecule has 0 aliphatic carbocycles. The minimum Gasteiger partial charge on any atom is -0.506 e. The third-order valence-corrected chi connectivity index (χ3v) is 3.02. The van der Waals surface area contributed by atoms with Crippen LogP contribution in [0.4, 0.5) is 0 Å². The first-order chi connectivity index (χ1) is 6.29. The quantitative estimate of drug-likeness (QED) is 0.807. The Morgan fingerprint density at radius 2 is 1.57 bits per heavy atom. The van der Waals surface area contributed by atoms with Gasteiger partial charge < -0.3 is 5.11 Å². The fraction of sp³-hybridized carbons (Fsp3) is 0.455. The summed E-state index contributed by atoms with van der Waals surface area (Å²) >= 11 is 6.65. The topological polar surface area (TPSA) is 20.2 Å². The van der Waals surface area contributed by atoms with Crippen molar-refractivity contribution in [3.63, 3.8) is 0 Å². The van der Waals surface area contributed by atoms with Crippen LogP contribution in [0.15, 0.2) is 21.1 Å². The summed E-state index contributed by atoms with van der Waals surface area (Å²) in [6.45, 7) is 6.59. The molecule has 0 spiro atoms. The highest BCUT2D eigenvalue weighted by molar-refractivity contribution is 9.11. The number of phenols is 1. The van der Waals surface area contributed by atoms with E-state index in [9.17, 15) is 5.11 Å². The van der Waals surface area contributed by atoms with E-state index >= 15 is 0 Å². The molecule has 0 aliphatic rings. The second-order valence-corrected chi connectivity index (χ2v) is 6.35. The maximum atomic E-state index is 9.54. The predicted molar refractivity (Wildman–Crippen MR) is 66.7 cm³/mol. The molecular formula is C11H14Br2O. The molecule has 0 saturated carbocycles. The van der Waals surface area contributed by atoms with Crippen LogP contribution in [0, 0.1) is 5.41 Å². The fourth-order valence-corrected chi connectivity index (χ4v) is 2.61. The lowest BCUT2D eigenvalue weighted by atomic mass is 9.88. The number of hydrogen-bond acceptors (Lipinski definition) is 1. The largest absolute Gasteiger partial charge is 0.506 e. The summed E-state index contributed by atoms with van der Waals surface area (Å²) in [7, 11) is 0. The highest BCUT2D eigenvalue weighted by Crippen LogP contribution is 2.35. The van der Waals surface area contributed by atoms with Crippen molar-refractivity contribution in [2.45, 2.75) is 27.2 Å². The van der Waals surface area contributed by atoms with Gasteiger partial charge in [-0.2, -0.15) is 0 Å². The molecule has 0 bridgehead atoms.